The molecule has 0 saturated heterocycles. The summed E-state index contributed by atoms with van der Waals surface area (Å²) in [7, 11) is 1.51. The highest BCUT2D eigenvalue weighted by Gasteiger charge is 2.20. The summed E-state index contributed by atoms with van der Waals surface area (Å²) in [5, 5.41) is 3.22. The minimum atomic E-state index is -0.487. The molecule has 3 rings (SSSR count). The van der Waals surface area contributed by atoms with Gasteiger partial charge in [-0.25, -0.2) is 14.8 Å². The van der Waals surface area contributed by atoms with Gasteiger partial charge in [-0.2, -0.15) is 0 Å². The van der Waals surface area contributed by atoms with E-state index in [2.05, 4.69) is 20.3 Å². The van der Waals surface area contributed by atoms with Gasteiger partial charge in [0.1, 0.15) is 15.8 Å². The standard InChI is InChI=1S/C19H17ClN4O4S/c1-4-28-18(26)15-9-23-19(29-15)24-17(25)13-7-21-10(2)5-11(13)12-6-16(20)22-8-14(12)27-3/h5-9H,4H2,1-3H3,(H,23,24,25). The largest absolute Gasteiger partial charge is 0.494 e. The van der Waals surface area contributed by atoms with Crippen LogP contribution in [0.4, 0.5) is 5.13 Å². The van der Waals surface area contributed by atoms with E-state index in [1.807, 2.05) is 6.92 Å². The Bertz CT molecular complexity index is 1070. The van der Waals surface area contributed by atoms with Crippen LogP contribution in [0.15, 0.2) is 30.7 Å². The summed E-state index contributed by atoms with van der Waals surface area (Å²) < 4.78 is 10.3. The first kappa shape index (κ1) is 20.7. The van der Waals surface area contributed by atoms with E-state index in [1.165, 1.54) is 25.7 Å². The van der Waals surface area contributed by atoms with Crippen molar-refractivity contribution < 1.29 is 19.1 Å². The minimum absolute atomic E-state index is 0.257. The zero-order chi connectivity index (χ0) is 21.0. The number of carbonyl (C=O) groups excluding carboxylic acids is 2. The van der Waals surface area contributed by atoms with E-state index in [1.54, 1.807) is 19.1 Å². The second-order valence-corrected chi connectivity index (χ2v) is 7.20. The Hall–Kier alpha value is -3.04. The van der Waals surface area contributed by atoms with Crippen LogP contribution in [-0.2, 0) is 4.74 Å². The smallest absolute Gasteiger partial charge is 0.350 e. The maximum atomic E-state index is 12.9. The van der Waals surface area contributed by atoms with E-state index in [9.17, 15) is 9.59 Å². The van der Waals surface area contributed by atoms with Crippen molar-refractivity contribution in [2.24, 2.45) is 0 Å². The van der Waals surface area contributed by atoms with Gasteiger partial charge in [0.05, 0.1) is 31.7 Å². The van der Waals surface area contributed by atoms with Gasteiger partial charge in [-0.05, 0) is 26.0 Å². The molecule has 0 saturated carbocycles. The predicted molar refractivity (Wildman–Crippen MR) is 110 cm³/mol. The van der Waals surface area contributed by atoms with E-state index in [4.69, 9.17) is 21.1 Å². The quantitative estimate of drug-likeness (QED) is 0.463. The van der Waals surface area contributed by atoms with Crippen molar-refractivity contribution in [2.75, 3.05) is 19.0 Å². The summed E-state index contributed by atoms with van der Waals surface area (Å²) in [6.07, 6.45) is 4.31. The molecule has 0 aromatic carbocycles. The number of esters is 1. The summed E-state index contributed by atoms with van der Waals surface area (Å²) in [6, 6.07) is 3.38. The molecule has 0 fully saturated rings. The van der Waals surface area contributed by atoms with Crippen LogP contribution < -0.4 is 10.1 Å². The summed E-state index contributed by atoms with van der Waals surface area (Å²) in [5.41, 5.74) is 2.20. The number of thiazole rings is 1. The number of carbonyl (C=O) groups is 2. The maximum absolute atomic E-state index is 12.9. The van der Waals surface area contributed by atoms with Crippen molar-refractivity contribution in [3.05, 3.63) is 52.0 Å². The Morgan fingerprint density at radius 2 is 1.93 bits per heavy atom. The summed E-state index contributed by atoms with van der Waals surface area (Å²) in [5.74, 6) is -0.459. The molecule has 0 aliphatic carbocycles. The Morgan fingerprint density at radius 1 is 1.14 bits per heavy atom. The molecule has 1 amide bonds. The van der Waals surface area contributed by atoms with Gasteiger partial charge in [-0.15, -0.1) is 0 Å². The number of hydrogen-bond acceptors (Lipinski definition) is 8. The second kappa shape index (κ2) is 8.97. The number of halogens is 1. The predicted octanol–water partition coefficient (Wildman–Crippen LogP) is 4.00. The van der Waals surface area contributed by atoms with Crippen molar-refractivity contribution in [1.82, 2.24) is 15.0 Å². The van der Waals surface area contributed by atoms with Crippen molar-refractivity contribution in [3.8, 4) is 16.9 Å². The number of nitrogens with one attached hydrogen (secondary N) is 1. The van der Waals surface area contributed by atoms with Gasteiger partial charge in [0.2, 0.25) is 0 Å². The number of anilines is 1. The monoisotopic (exact) mass is 432 g/mol. The molecule has 0 unspecified atom stereocenters. The van der Waals surface area contributed by atoms with E-state index < -0.39 is 11.9 Å². The number of aryl methyl sites for hydroxylation is 1. The van der Waals surface area contributed by atoms with Crippen LogP contribution in [0.5, 0.6) is 5.75 Å². The number of methoxy groups -OCH3 is 1. The Balaban J connectivity index is 1.95. The fourth-order valence-corrected chi connectivity index (χ4v) is 3.41. The topological polar surface area (TPSA) is 103 Å². The number of pyridine rings is 2. The Kier molecular flexibility index (Phi) is 6.40. The van der Waals surface area contributed by atoms with Crippen molar-refractivity contribution in [1.29, 1.82) is 0 Å². The van der Waals surface area contributed by atoms with E-state index >= 15 is 0 Å². The van der Waals surface area contributed by atoms with Gasteiger partial charge >= 0.3 is 5.97 Å². The van der Waals surface area contributed by atoms with E-state index in [0.29, 0.717) is 33.0 Å². The van der Waals surface area contributed by atoms with E-state index in [-0.39, 0.29) is 16.9 Å². The van der Waals surface area contributed by atoms with Crippen molar-refractivity contribution >= 4 is 39.9 Å². The molecule has 3 aromatic heterocycles. The first-order valence-electron chi connectivity index (χ1n) is 8.53. The molecule has 0 bridgehead atoms. The molecule has 0 atom stereocenters. The molecule has 29 heavy (non-hydrogen) atoms. The number of amides is 1. The first-order chi connectivity index (χ1) is 13.9. The minimum Gasteiger partial charge on any atom is -0.494 e. The average molecular weight is 433 g/mol. The molecule has 0 radical (unpaired) electrons. The Morgan fingerprint density at radius 3 is 2.66 bits per heavy atom. The lowest BCUT2D eigenvalue weighted by Gasteiger charge is -2.13. The highest BCUT2D eigenvalue weighted by atomic mass is 35.5. The summed E-state index contributed by atoms with van der Waals surface area (Å²) >= 11 is 7.07. The highest BCUT2D eigenvalue weighted by molar-refractivity contribution is 7.17. The maximum Gasteiger partial charge on any atom is 0.350 e. The van der Waals surface area contributed by atoms with Gasteiger partial charge in [-0.3, -0.25) is 15.1 Å². The molecule has 0 aliphatic heterocycles. The fraction of sp³-hybridized carbons (Fsp3) is 0.211. The van der Waals surface area contributed by atoms with Gasteiger partial charge in [0.15, 0.2) is 5.13 Å². The van der Waals surface area contributed by atoms with Gasteiger partial charge in [-0.1, -0.05) is 22.9 Å². The van der Waals surface area contributed by atoms with Crippen LogP contribution in [-0.4, -0.2) is 40.5 Å². The SMILES string of the molecule is CCOC(=O)c1cnc(NC(=O)c2cnc(C)cc2-c2cc(Cl)ncc2OC)s1. The second-order valence-electron chi connectivity index (χ2n) is 5.78. The van der Waals surface area contributed by atoms with Crippen LogP contribution in [0.1, 0.15) is 32.6 Å². The summed E-state index contributed by atoms with van der Waals surface area (Å²) in [4.78, 5) is 37.3. The average Bonchev–Trinajstić information content (AvgIpc) is 3.16. The van der Waals surface area contributed by atoms with Crippen LogP contribution in [0.3, 0.4) is 0 Å². The Labute approximate surface area is 175 Å². The molecule has 3 heterocycles. The normalized spacial score (nSPS) is 10.5. The van der Waals surface area contributed by atoms with Crippen LogP contribution in [0, 0.1) is 6.92 Å². The molecule has 0 aliphatic rings. The van der Waals surface area contributed by atoms with Crippen molar-refractivity contribution in [3.63, 3.8) is 0 Å². The molecule has 0 spiro atoms. The van der Waals surface area contributed by atoms with Gasteiger partial charge < -0.3 is 9.47 Å². The zero-order valence-corrected chi connectivity index (χ0v) is 17.4. The molecule has 3 aromatic rings. The lowest BCUT2D eigenvalue weighted by Crippen LogP contribution is -2.14. The number of rotatable bonds is 6. The molecule has 10 heteroatoms. The molecule has 150 valence electrons. The van der Waals surface area contributed by atoms with E-state index in [0.717, 1.165) is 11.3 Å². The zero-order valence-electron chi connectivity index (χ0n) is 15.9. The fourth-order valence-electron chi connectivity index (χ4n) is 2.55. The van der Waals surface area contributed by atoms with Gasteiger partial charge in [0.25, 0.3) is 5.91 Å². The van der Waals surface area contributed by atoms with Crippen molar-refractivity contribution in [2.45, 2.75) is 13.8 Å². The number of aromatic nitrogens is 3. The van der Waals surface area contributed by atoms with Gasteiger partial charge in [0, 0.05) is 23.0 Å². The highest BCUT2D eigenvalue weighted by Crippen LogP contribution is 2.34. The number of nitrogens with zero attached hydrogens (tertiary/aromatic N) is 3. The van der Waals surface area contributed by atoms with Crippen LogP contribution in [0.2, 0.25) is 5.15 Å². The third-order valence-electron chi connectivity index (χ3n) is 3.83. The first-order valence-corrected chi connectivity index (χ1v) is 9.73. The van der Waals surface area contributed by atoms with Crippen LogP contribution >= 0.6 is 22.9 Å². The summed E-state index contributed by atoms with van der Waals surface area (Å²) in [6.45, 7) is 3.78. The molecule has 1 N–H and O–H groups in total. The lowest BCUT2D eigenvalue weighted by molar-refractivity contribution is 0.0531. The third-order valence-corrected chi connectivity index (χ3v) is 4.93. The number of ether oxygens (including phenoxy) is 2. The lowest BCUT2D eigenvalue weighted by atomic mass is 10.0. The third kappa shape index (κ3) is 4.69. The molecular formula is C19H17ClN4O4S. The molecule has 8 nitrogen and oxygen atoms in total. The molecular weight excluding hydrogens is 416 g/mol. The number of hydrogen-bond donors (Lipinski definition) is 1. The van der Waals surface area contributed by atoms with Crippen LogP contribution in [0.25, 0.3) is 11.1 Å².